The quantitative estimate of drug-likeness (QED) is 0.0625. The van der Waals surface area contributed by atoms with Gasteiger partial charge in [0.05, 0.1) is 77.8 Å². The van der Waals surface area contributed by atoms with Gasteiger partial charge >= 0.3 is 11.9 Å². The number of hydrogen-bond donors (Lipinski definition) is 2. The molecule has 27 nitrogen and oxygen atoms in total. The van der Waals surface area contributed by atoms with E-state index in [-0.39, 0.29) is 87.1 Å². The predicted octanol–water partition coefficient (Wildman–Crippen LogP) is 8.42. The second-order valence-corrected chi connectivity index (χ2v) is 28.6. The van der Waals surface area contributed by atoms with Gasteiger partial charge in [-0.3, -0.25) is 67.8 Å². The third kappa shape index (κ3) is 10.5. The summed E-state index contributed by atoms with van der Waals surface area (Å²) in [6.45, 7) is 9.55. The first kappa shape index (κ1) is 70.2. The SMILES string of the molecule is COc1c(C)c(Cl)c2c(c1O)[C@@H]1[C@@H]3Cc4c(OC(C)=O)c(C)c5c(c4[C@H](CN4C(=O)c6ccccc6C4=O)N3[C@@H](C#N)[C@H](C2)N1C)OCO5.COc1c(C)cc2c(c1O)[C@@H]1[C@@H]3Cc4c(OC(C)=O)c(C)c5c(c4[C@H](CN4C(=O)c6ccccc6C4=O)N3[C@@H](C#N)[C@H](C2)N1C)OCO5.O=C1CCC(=O)N1Cl. The van der Waals surface area contributed by atoms with E-state index in [1.54, 1.807) is 69.3 Å². The van der Waals surface area contributed by atoms with E-state index in [0.29, 0.717) is 141 Å². The summed E-state index contributed by atoms with van der Waals surface area (Å²) in [4.78, 5) is 112. The summed E-state index contributed by atoms with van der Waals surface area (Å²) >= 11 is 12.1. The average Bonchev–Trinajstić information content (AvgIpc) is 1.40. The largest absolute Gasteiger partial charge is 0.504 e. The second kappa shape index (κ2) is 26.3. The number of halogens is 2. The zero-order chi connectivity index (χ0) is 74.5. The van der Waals surface area contributed by atoms with Crippen molar-refractivity contribution in [2.75, 3.05) is 55.0 Å². The van der Waals surface area contributed by atoms with E-state index in [9.17, 15) is 59.1 Å². The van der Waals surface area contributed by atoms with E-state index < -0.39 is 83.9 Å². The number of phenolic OH excluding ortho intramolecular Hbond substituents is 2. The molecule has 0 radical (unpaired) electrons. The summed E-state index contributed by atoms with van der Waals surface area (Å²) in [5, 5.41) is 45.9. The van der Waals surface area contributed by atoms with Gasteiger partial charge in [0.25, 0.3) is 23.6 Å². The van der Waals surface area contributed by atoms with Crippen molar-refractivity contribution in [2.24, 2.45) is 0 Å². The lowest BCUT2D eigenvalue weighted by atomic mass is 9.71. The van der Waals surface area contributed by atoms with Crippen molar-refractivity contribution in [3.63, 3.8) is 0 Å². The van der Waals surface area contributed by atoms with E-state index in [1.807, 2.05) is 27.1 Å². The number of carbonyl (C=O) groups is 8. The number of hydrogen-bond acceptors (Lipinski definition) is 24. The normalized spacial score (nSPS) is 24.7. The smallest absolute Gasteiger partial charge is 0.308 e. The molecule has 4 bridgehead atoms. The first-order valence-corrected chi connectivity index (χ1v) is 34.9. The molecular formula is C76H71Cl2N9O18. The van der Waals surface area contributed by atoms with Gasteiger partial charge in [-0.1, -0.05) is 41.9 Å². The highest BCUT2D eigenvalue weighted by Gasteiger charge is 2.61. The van der Waals surface area contributed by atoms with Gasteiger partial charge in [-0.25, -0.2) is 0 Å². The Morgan fingerprint density at radius 1 is 0.543 bits per heavy atom. The van der Waals surface area contributed by atoms with Crippen molar-refractivity contribution in [3.05, 3.63) is 149 Å². The number of methoxy groups -OCH3 is 2. The summed E-state index contributed by atoms with van der Waals surface area (Å²) in [5.41, 5.74) is 9.29. The average molecular weight is 1470 g/mol. The maximum atomic E-state index is 13.8. The fourth-order valence-corrected chi connectivity index (χ4v) is 18.7. The molecule has 2 N–H and O–H groups in total. The molecule has 0 unspecified atom stereocenters. The number of benzene rings is 6. The number of phenols is 2. The standard InChI is InChI=1S/C36H33ClN4O8.C36H34N4O8.C4H4ClNO2/c1-15-28(37)20-10-22-24(12-38)41-23(29(39(22)4)27(20)30(43)32(15)46-5)11-21-26(34-33(47-14-48-34)16(2)31(21)49-17(3)42)25(41)13-40-35(44)18-8-6-7-9-19(18)36(40)45;1-16-10-19-11-23-25(13-37)40-24(29(38(23)4)27(19)30(42)31(16)45-5)12-22-28(34-33(46-15-47-34)17(2)32(22)48-18(3)41)26(40)14-39-35(43)20-8-6-7-9-21(20)36(39)44;5-6-3(7)1-2-4(6)8/h6-9,22-25,29,43H,10-11,13-14H2,1-5H3;6-10,23-26,29,42H,11-12,14-15H2,1-5H3;1-2H2/t22-,23-,24-,25-,29-;23-,24-,25-,26-,29-;/m00./s1. The Morgan fingerprint density at radius 3 is 1.32 bits per heavy atom. The van der Waals surface area contributed by atoms with Crippen molar-refractivity contribution in [1.29, 1.82) is 10.5 Å². The number of rotatable bonds is 8. The molecule has 11 aliphatic rings. The van der Waals surface area contributed by atoms with E-state index in [1.165, 1.54) is 37.9 Å². The zero-order valence-electron chi connectivity index (χ0n) is 58.7. The van der Waals surface area contributed by atoms with Crippen LogP contribution in [0.5, 0.6) is 57.5 Å². The molecule has 0 saturated carbocycles. The number of carbonyl (C=O) groups excluding carboxylic acids is 8. The van der Waals surface area contributed by atoms with Gasteiger partial charge in [0, 0.05) is 126 Å². The highest BCUT2D eigenvalue weighted by Crippen LogP contribution is 2.62. The van der Waals surface area contributed by atoms with Crippen LogP contribution in [0.4, 0.5) is 0 Å². The minimum atomic E-state index is -0.781. The highest BCUT2D eigenvalue weighted by molar-refractivity contribution is 6.33. The van der Waals surface area contributed by atoms with Crippen LogP contribution in [0.1, 0.15) is 159 Å². The summed E-state index contributed by atoms with van der Waals surface area (Å²) in [7, 11) is 6.88. The Hall–Kier alpha value is -10.5. The maximum Gasteiger partial charge on any atom is 0.308 e. The highest BCUT2D eigenvalue weighted by atomic mass is 35.5. The Kier molecular flexibility index (Phi) is 17.5. The number of nitrogens with zero attached hydrogens (tertiary/aromatic N) is 9. The third-order valence-electron chi connectivity index (χ3n) is 22.6. The fraction of sp³-hybridized carbons (Fsp3) is 0.395. The van der Waals surface area contributed by atoms with E-state index in [0.717, 1.165) is 16.7 Å². The lowest BCUT2D eigenvalue weighted by molar-refractivity contribution is -0.133. The van der Waals surface area contributed by atoms with Gasteiger partial charge in [0.2, 0.25) is 25.4 Å². The van der Waals surface area contributed by atoms with E-state index >= 15 is 0 Å². The van der Waals surface area contributed by atoms with Crippen LogP contribution in [0, 0.1) is 50.4 Å². The minimum absolute atomic E-state index is 0.0326. The zero-order valence-corrected chi connectivity index (χ0v) is 60.3. The molecule has 3 saturated heterocycles. The van der Waals surface area contributed by atoms with Crippen molar-refractivity contribution in [3.8, 4) is 69.6 Å². The molecule has 6 aromatic carbocycles. The van der Waals surface area contributed by atoms with Crippen molar-refractivity contribution in [1.82, 2.24) is 33.8 Å². The molecule has 10 atom stereocenters. The number of nitriles is 2. The number of aryl methyl sites for hydroxylation is 1. The molecule has 17 rings (SSSR count). The number of fused-ring (bicyclic) bond motifs is 20. The maximum absolute atomic E-state index is 13.8. The first-order chi connectivity index (χ1) is 50.3. The Morgan fingerprint density at radius 2 is 0.933 bits per heavy atom. The monoisotopic (exact) mass is 1470 g/mol. The van der Waals surface area contributed by atoms with Gasteiger partial charge < -0.3 is 48.1 Å². The van der Waals surface area contributed by atoms with Gasteiger partial charge in [-0.2, -0.15) is 14.9 Å². The molecule has 3 fully saturated rings. The van der Waals surface area contributed by atoms with Gasteiger partial charge in [-0.05, 0) is 108 Å². The van der Waals surface area contributed by atoms with Gasteiger partial charge in [0.1, 0.15) is 23.6 Å². The number of ether oxygens (including phenoxy) is 8. The minimum Gasteiger partial charge on any atom is -0.504 e. The molecule has 0 spiro atoms. The van der Waals surface area contributed by atoms with Crippen molar-refractivity contribution >= 4 is 70.8 Å². The first-order valence-electron chi connectivity index (χ1n) is 34.2. The van der Waals surface area contributed by atoms with Crippen LogP contribution >= 0.6 is 23.4 Å². The molecule has 29 heteroatoms. The van der Waals surface area contributed by atoms with E-state index in [4.69, 9.17) is 61.3 Å². The van der Waals surface area contributed by atoms with Crippen LogP contribution in [0.25, 0.3) is 0 Å². The molecule has 105 heavy (non-hydrogen) atoms. The van der Waals surface area contributed by atoms with Crippen molar-refractivity contribution < 1.29 is 86.5 Å². The molecule has 11 aliphatic heterocycles. The Labute approximate surface area is 612 Å². The second-order valence-electron chi connectivity index (χ2n) is 27.9. The molecule has 542 valence electrons. The van der Waals surface area contributed by atoms with Crippen LogP contribution in [0.2, 0.25) is 5.02 Å². The molecule has 0 aliphatic carbocycles. The number of piperazine rings is 2. The summed E-state index contributed by atoms with van der Waals surface area (Å²) in [5.74, 6) is -0.396. The van der Waals surface area contributed by atoms with Gasteiger partial charge in [-0.15, -0.1) is 0 Å². The number of imide groups is 3. The summed E-state index contributed by atoms with van der Waals surface area (Å²) < 4.78 is 47.7. The lowest BCUT2D eigenvalue weighted by Gasteiger charge is -2.60. The van der Waals surface area contributed by atoms with E-state index in [2.05, 4.69) is 31.7 Å². The molecule has 6 amide bonds. The number of amides is 6. The Bertz CT molecular complexity index is 4890. The number of aromatic hydroxyl groups is 2. The summed E-state index contributed by atoms with van der Waals surface area (Å²) in [6, 6.07) is 15.0. The predicted molar refractivity (Wildman–Crippen MR) is 371 cm³/mol. The number of esters is 2. The van der Waals surface area contributed by atoms with Crippen LogP contribution in [-0.2, 0) is 44.9 Å². The molecular weight excluding hydrogens is 1400 g/mol. The number of likely N-dealkylation sites (N-methyl/N-ethyl adjacent to an activating group) is 2. The lowest BCUT2D eigenvalue weighted by Crippen LogP contribution is -2.69. The Balaban J connectivity index is 0.000000152. The van der Waals surface area contributed by atoms with Crippen LogP contribution in [0.3, 0.4) is 0 Å². The topological polar surface area (TPSA) is 321 Å². The van der Waals surface area contributed by atoms with Crippen molar-refractivity contribution in [2.45, 2.75) is 140 Å². The summed E-state index contributed by atoms with van der Waals surface area (Å²) in [6.07, 6.45) is 1.95. The third-order valence-corrected chi connectivity index (χ3v) is 23.5. The van der Waals surface area contributed by atoms with Gasteiger partial charge in [0.15, 0.2) is 46.0 Å². The van der Waals surface area contributed by atoms with Crippen LogP contribution in [0.15, 0.2) is 54.6 Å². The van der Waals surface area contributed by atoms with Crippen LogP contribution < -0.4 is 37.9 Å². The van der Waals surface area contributed by atoms with Crippen LogP contribution in [-0.4, -0.2) is 183 Å². The fourth-order valence-electron chi connectivity index (χ4n) is 18.3. The molecule has 0 aromatic heterocycles. The molecule has 11 heterocycles. The molecule has 6 aromatic rings.